The molecule has 3 rings (SSSR count). The molecule has 0 atom stereocenters. The molecule has 1 aromatic heterocycles. The van der Waals surface area contributed by atoms with Gasteiger partial charge in [-0.25, -0.2) is 4.98 Å². The van der Waals surface area contributed by atoms with Gasteiger partial charge in [0.15, 0.2) is 11.5 Å². The normalized spacial score (nSPS) is 10.4. The summed E-state index contributed by atoms with van der Waals surface area (Å²) in [5.41, 5.74) is 2.00. The van der Waals surface area contributed by atoms with Crippen molar-refractivity contribution in [3.05, 3.63) is 72.1 Å². The molecule has 0 saturated heterocycles. The zero-order valence-corrected chi connectivity index (χ0v) is 12.0. The number of amides is 1. The summed E-state index contributed by atoms with van der Waals surface area (Å²) in [5.74, 6) is -0.0582. The molecule has 0 aliphatic rings. The number of hydrogen-bond donors (Lipinski definition) is 2. The van der Waals surface area contributed by atoms with E-state index in [2.05, 4.69) is 10.3 Å². The maximum atomic E-state index is 12.4. The van der Waals surface area contributed by atoms with Gasteiger partial charge in [-0.15, -0.1) is 0 Å². The van der Waals surface area contributed by atoms with Crippen LogP contribution in [0, 0.1) is 6.92 Å². The molecule has 110 valence electrons. The van der Waals surface area contributed by atoms with Gasteiger partial charge >= 0.3 is 0 Å². The van der Waals surface area contributed by atoms with Crippen LogP contribution in [-0.2, 0) is 0 Å². The highest BCUT2D eigenvalue weighted by Gasteiger charge is 2.21. The molecule has 0 aliphatic carbocycles. The largest absolute Gasteiger partial charge is 0.426 e. The van der Waals surface area contributed by atoms with Crippen molar-refractivity contribution in [2.75, 3.05) is 5.32 Å². The average molecular weight is 293 g/mol. The highest BCUT2D eigenvalue weighted by molar-refractivity contribution is 6.04. The Bertz CT molecular complexity index is 796. The first-order valence-corrected chi connectivity index (χ1v) is 6.87. The van der Waals surface area contributed by atoms with Crippen LogP contribution in [0.2, 0.25) is 0 Å². The van der Waals surface area contributed by atoms with Gasteiger partial charge in [0.05, 0.1) is 5.69 Å². The average Bonchev–Trinajstić information content (AvgIpc) is 2.84. The van der Waals surface area contributed by atoms with Crippen molar-refractivity contribution in [3.63, 3.8) is 0 Å². The first-order chi connectivity index (χ1) is 10.7. The molecule has 0 spiro atoms. The van der Waals surface area contributed by atoms with Crippen LogP contribution in [0.1, 0.15) is 16.2 Å². The van der Waals surface area contributed by atoms with Gasteiger partial charge in [-0.05, 0) is 19.1 Å². The minimum Gasteiger partial charge on any atom is -0.426 e. The SMILES string of the molecule is Cc1nc(-c2ccccc2)n(O)c1C(=O)Nc1ccccc1. The Balaban J connectivity index is 1.95. The van der Waals surface area contributed by atoms with Gasteiger partial charge in [0, 0.05) is 11.3 Å². The molecule has 2 aromatic carbocycles. The molecule has 22 heavy (non-hydrogen) atoms. The summed E-state index contributed by atoms with van der Waals surface area (Å²) in [4.78, 5) is 16.7. The topological polar surface area (TPSA) is 67.1 Å². The van der Waals surface area contributed by atoms with Crippen molar-refractivity contribution in [1.29, 1.82) is 0 Å². The molecular weight excluding hydrogens is 278 g/mol. The Morgan fingerprint density at radius 1 is 1.05 bits per heavy atom. The van der Waals surface area contributed by atoms with Crippen molar-refractivity contribution in [3.8, 4) is 11.4 Å². The van der Waals surface area contributed by atoms with Crippen LogP contribution in [0.15, 0.2) is 60.7 Å². The van der Waals surface area contributed by atoms with Gasteiger partial charge in [0.1, 0.15) is 0 Å². The Labute approximate surface area is 127 Å². The number of carbonyl (C=O) groups is 1. The summed E-state index contributed by atoms with van der Waals surface area (Å²) in [7, 11) is 0. The van der Waals surface area contributed by atoms with Crippen LogP contribution in [0.4, 0.5) is 5.69 Å². The third-order valence-electron chi connectivity index (χ3n) is 3.31. The van der Waals surface area contributed by atoms with Gasteiger partial charge in [0.25, 0.3) is 5.91 Å². The van der Waals surface area contributed by atoms with E-state index in [9.17, 15) is 10.0 Å². The van der Waals surface area contributed by atoms with E-state index in [0.717, 1.165) is 10.3 Å². The fourth-order valence-electron chi connectivity index (χ4n) is 2.26. The number of nitrogens with zero attached hydrogens (tertiary/aromatic N) is 2. The number of benzene rings is 2. The van der Waals surface area contributed by atoms with E-state index in [0.29, 0.717) is 17.2 Å². The summed E-state index contributed by atoms with van der Waals surface area (Å²) >= 11 is 0. The summed E-state index contributed by atoms with van der Waals surface area (Å²) in [6.45, 7) is 1.69. The lowest BCUT2D eigenvalue weighted by atomic mass is 10.2. The third-order valence-corrected chi connectivity index (χ3v) is 3.31. The van der Waals surface area contributed by atoms with Gasteiger partial charge in [-0.3, -0.25) is 4.79 Å². The van der Waals surface area contributed by atoms with E-state index in [1.54, 1.807) is 19.1 Å². The minimum absolute atomic E-state index is 0.128. The van der Waals surface area contributed by atoms with Crippen molar-refractivity contribution in [2.45, 2.75) is 6.92 Å². The molecule has 0 saturated carbocycles. The maximum absolute atomic E-state index is 12.4. The summed E-state index contributed by atoms with van der Waals surface area (Å²) in [6.07, 6.45) is 0. The minimum atomic E-state index is -0.402. The second-order valence-corrected chi connectivity index (χ2v) is 4.87. The van der Waals surface area contributed by atoms with Gasteiger partial charge in [0.2, 0.25) is 0 Å². The number of hydrogen-bond acceptors (Lipinski definition) is 3. The van der Waals surface area contributed by atoms with Crippen molar-refractivity contribution >= 4 is 11.6 Å². The zero-order chi connectivity index (χ0) is 15.5. The number of carbonyl (C=O) groups excluding carboxylic acids is 1. The van der Waals surface area contributed by atoms with Gasteiger partial charge in [-0.1, -0.05) is 48.5 Å². The standard InChI is InChI=1S/C17H15N3O2/c1-12-15(17(21)19-14-10-6-3-7-11-14)20(22)16(18-12)13-8-4-2-5-9-13/h2-11,22H,1H3,(H,19,21). The van der Waals surface area contributed by atoms with E-state index in [-0.39, 0.29) is 5.69 Å². The maximum Gasteiger partial charge on any atom is 0.277 e. The third kappa shape index (κ3) is 2.56. The van der Waals surface area contributed by atoms with Crippen molar-refractivity contribution < 1.29 is 10.0 Å². The van der Waals surface area contributed by atoms with Crippen LogP contribution in [0.3, 0.4) is 0 Å². The predicted octanol–water partition coefficient (Wildman–Crippen LogP) is 3.35. The Morgan fingerprint density at radius 3 is 2.27 bits per heavy atom. The van der Waals surface area contributed by atoms with Gasteiger partial charge in [-0.2, -0.15) is 4.73 Å². The van der Waals surface area contributed by atoms with E-state index in [1.807, 2.05) is 48.5 Å². The van der Waals surface area contributed by atoms with E-state index < -0.39 is 5.91 Å². The van der Waals surface area contributed by atoms with Gasteiger partial charge < -0.3 is 10.5 Å². The molecule has 3 aromatic rings. The molecule has 1 heterocycles. The summed E-state index contributed by atoms with van der Waals surface area (Å²) in [6, 6.07) is 18.3. The highest BCUT2D eigenvalue weighted by atomic mass is 16.5. The molecular formula is C17H15N3O2. The van der Waals surface area contributed by atoms with Crippen LogP contribution in [0.5, 0.6) is 0 Å². The number of para-hydroxylation sites is 1. The monoisotopic (exact) mass is 293 g/mol. The van der Waals surface area contributed by atoms with Crippen LogP contribution in [0.25, 0.3) is 11.4 Å². The molecule has 0 bridgehead atoms. The number of aryl methyl sites for hydroxylation is 1. The predicted molar refractivity (Wildman–Crippen MR) is 84.0 cm³/mol. The molecule has 2 N–H and O–H groups in total. The number of nitrogens with one attached hydrogen (secondary N) is 1. The quantitative estimate of drug-likeness (QED) is 0.728. The first kappa shape index (κ1) is 13.9. The fourth-order valence-corrected chi connectivity index (χ4v) is 2.26. The second-order valence-electron chi connectivity index (χ2n) is 4.87. The lowest BCUT2D eigenvalue weighted by molar-refractivity contribution is 0.0974. The first-order valence-electron chi connectivity index (χ1n) is 6.87. The molecule has 5 heteroatoms. The van der Waals surface area contributed by atoms with Crippen LogP contribution < -0.4 is 5.32 Å². The summed E-state index contributed by atoms with van der Waals surface area (Å²) < 4.78 is 0.836. The number of aromatic nitrogens is 2. The van der Waals surface area contributed by atoms with Crippen molar-refractivity contribution in [1.82, 2.24) is 9.71 Å². The lowest BCUT2D eigenvalue weighted by Crippen LogP contribution is -2.17. The van der Waals surface area contributed by atoms with E-state index >= 15 is 0 Å². The number of rotatable bonds is 3. The summed E-state index contributed by atoms with van der Waals surface area (Å²) in [5, 5.41) is 13.0. The molecule has 1 amide bonds. The molecule has 0 aliphatic heterocycles. The molecule has 0 unspecified atom stereocenters. The molecule has 0 fully saturated rings. The Morgan fingerprint density at radius 2 is 1.64 bits per heavy atom. The highest BCUT2D eigenvalue weighted by Crippen LogP contribution is 2.21. The zero-order valence-electron chi connectivity index (χ0n) is 12.0. The van der Waals surface area contributed by atoms with Crippen LogP contribution >= 0.6 is 0 Å². The lowest BCUT2D eigenvalue weighted by Gasteiger charge is -2.06. The Kier molecular flexibility index (Phi) is 3.62. The smallest absolute Gasteiger partial charge is 0.277 e. The van der Waals surface area contributed by atoms with E-state index in [1.165, 1.54) is 0 Å². The fraction of sp³-hybridized carbons (Fsp3) is 0.0588. The van der Waals surface area contributed by atoms with E-state index in [4.69, 9.17) is 0 Å². The molecule has 0 radical (unpaired) electrons. The Hall–Kier alpha value is -3.08. The number of imidazole rings is 1. The molecule has 5 nitrogen and oxygen atoms in total. The number of anilines is 1. The van der Waals surface area contributed by atoms with Crippen molar-refractivity contribution in [2.24, 2.45) is 0 Å². The second kappa shape index (κ2) is 5.73. The van der Waals surface area contributed by atoms with Crippen LogP contribution in [-0.4, -0.2) is 20.8 Å².